The predicted octanol–water partition coefficient (Wildman–Crippen LogP) is 4.42. The van der Waals surface area contributed by atoms with Crippen LogP contribution in [0.5, 0.6) is 5.75 Å². The highest BCUT2D eigenvalue weighted by atomic mass is 16.5. The van der Waals surface area contributed by atoms with Crippen LogP contribution in [0.25, 0.3) is 0 Å². The minimum atomic E-state index is 0.309. The van der Waals surface area contributed by atoms with Gasteiger partial charge in [0.05, 0.1) is 7.11 Å². The molecule has 2 aromatic rings. The van der Waals surface area contributed by atoms with Gasteiger partial charge in [-0.15, -0.1) is 0 Å². The number of methoxy groups -OCH3 is 1. The summed E-state index contributed by atoms with van der Waals surface area (Å²) in [7, 11) is 1.71. The van der Waals surface area contributed by atoms with Crippen molar-refractivity contribution in [2.45, 2.75) is 38.3 Å². The number of rotatable bonds is 6. The van der Waals surface area contributed by atoms with Gasteiger partial charge in [0.2, 0.25) is 0 Å². The third-order valence-corrected chi connectivity index (χ3v) is 4.23. The van der Waals surface area contributed by atoms with Crippen LogP contribution in [0, 0.1) is 0 Å². The zero-order valence-electron chi connectivity index (χ0n) is 12.8. The van der Waals surface area contributed by atoms with Gasteiger partial charge in [0.1, 0.15) is 5.75 Å². The zero-order valence-corrected chi connectivity index (χ0v) is 12.8. The van der Waals surface area contributed by atoms with Gasteiger partial charge in [-0.05, 0) is 54.5 Å². The van der Waals surface area contributed by atoms with Crippen molar-refractivity contribution in [1.82, 2.24) is 5.32 Å². The van der Waals surface area contributed by atoms with Crippen LogP contribution in [0.4, 0.5) is 0 Å². The van der Waals surface area contributed by atoms with E-state index in [1.54, 1.807) is 7.11 Å². The van der Waals surface area contributed by atoms with Crippen molar-refractivity contribution in [1.29, 1.82) is 0 Å². The molecule has 0 aromatic heterocycles. The van der Waals surface area contributed by atoms with Gasteiger partial charge in [-0.3, -0.25) is 0 Å². The van der Waals surface area contributed by atoms with E-state index in [9.17, 15) is 0 Å². The lowest BCUT2D eigenvalue weighted by molar-refractivity contribution is 0.413. The first kappa shape index (κ1) is 14.2. The molecule has 0 bridgehead atoms. The first-order valence-electron chi connectivity index (χ1n) is 7.72. The molecule has 0 heterocycles. The Morgan fingerprint density at radius 2 is 1.90 bits per heavy atom. The highest BCUT2D eigenvalue weighted by molar-refractivity contribution is 5.31. The van der Waals surface area contributed by atoms with Crippen molar-refractivity contribution in [3.63, 3.8) is 0 Å². The smallest absolute Gasteiger partial charge is 0.119 e. The molecule has 1 N–H and O–H groups in total. The van der Waals surface area contributed by atoms with E-state index >= 15 is 0 Å². The number of hydrogen-bond donors (Lipinski definition) is 1. The molecular formula is C19H23NO. The van der Waals surface area contributed by atoms with Crippen molar-refractivity contribution in [3.8, 4) is 5.75 Å². The van der Waals surface area contributed by atoms with Gasteiger partial charge in [-0.1, -0.05) is 36.4 Å². The Hall–Kier alpha value is -1.80. The fraction of sp³-hybridized carbons (Fsp3) is 0.368. The second-order valence-corrected chi connectivity index (χ2v) is 5.90. The SMILES string of the molecule is COc1cccc([C@@H](C)NCc2ccc(C3CC3)cc2)c1. The van der Waals surface area contributed by atoms with Gasteiger partial charge in [-0.25, -0.2) is 0 Å². The Kier molecular flexibility index (Phi) is 4.26. The van der Waals surface area contributed by atoms with E-state index in [4.69, 9.17) is 4.74 Å². The van der Waals surface area contributed by atoms with Gasteiger partial charge >= 0.3 is 0 Å². The second-order valence-electron chi connectivity index (χ2n) is 5.90. The van der Waals surface area contributed by atoms with Crippen LogP contribution in [-0.2, 0) is 6.54 Å². The lowest BCUT2D eigenvalue weighted by Crippen LogP contribution is -2.18. The molecule has 0 amide bonds. The highest BCUT2D eigenvalue weighted by Gasteiger charge is 2.22. The van der Waals surface area contributed by atoms with E-state index in [1.807, 2.05) is 12.1 Å². The van der Waals surface area contributed by atoms with E-state index in [1.165, 1.54) is 29.5 Å². The summed E-state index contributed by atoms with van der Waals surface area (Å²) in [6.07, 6.45) is 2.73. The molecule has 1 atom stereocenters. The van der Waals surface area contributed by atoms with Crippen LogP contribution < -0.4 is 10.1 Å². The van der Waals surface area contributed by atoms with Crippen molar-refractivity contribution < 1.29 is 4.74 Å². The fourth-order valence-corrected chi connectivity index (χ4v) is 2.62. The average molecular weight is 281 g/mol. The molecule has 3 rings (SSSR count). The highest BCUT2D eigenvalue weighted by Crippen LogP contribution is 2.39. The van der Waals surface area contributed by atoms with Gasteiger partial charge in [-0.2, -0.15) is 0 Å². The third kappa shape index (κ3) is 3.64. The molecule has 1 aliphatic rings. The molecule has 0 unspecified atom stereocenters. The Morgan fingerprint density at radius 3 is 2.57 bits per heavy atom. The number of benzene rings is 2. The molecule has 1 aliphatic carbocycles. The zero-order chi connectivity index (χ0) is 14.7. The number of nitrogens with one attached hydrogen (secondary N) is 1. The number of hydrogen-bond acceptors (Lipinski definition) is 2. The maximum absolute atomic E-state index is 5.28. The minimum Gasteiger partial charge on any atom is -0.497 e. The first-order valence-corrected chi connectivity index (χ1v) is 7.72. The summed E-state index contributed by atoms with van der Waals surface area (Å²) in [5.74, 6) is 1.75. The Bertz CT molecular complexity index is 587. The van der Waals surface area contributed by atoms with Crippen molar-refractivity contribution in [3.05, 3.63) is 65.2 Å². The Balaban J connectivity index is 1.58. The summed E-state index contributed by atoms with van der Waals surface area (Å²) in [5, 5.41) is 3.58. The van der Waals surface area contributed by atoms with Gasteiger partial charge < -0.3 is 10.1 Å². The van der Waals surface area contributed by atoms with Crippen LogP contribution in [0.3, 0.4) is 0 Å². The van der Waals surface area contributed by atoms with Crippen molar-refractivity contribution >= 4 is 0 Å². The maximum Gasteiger partial charge on any atom is 0.119 e. The largest absolute Gasteiger partial charge is 0.497 e. The third-order valence-electron chi connectivity index (χ3n) is 4.23. The topological polar surface area (TPSA) is 21.3 Å². The maximum atomic E-state index is 5.28. The van der Waals surface area contributed by atoms with E-state index < -0.39 is 0 Å². The minimum absolute atomic E-state index is 0.309. The van der Waals surface area contributed by atoms with Gasteiger partial charge in [0, 0.05) is 12.6 Å². The van der Waals surface area contributed by atoms with Crippen LogP contribution in [0.15, 0.2) is 48.5 Å². The molecule has 2 aromatic carbocycles. The monoisotopic (exact) mass is 281 g/mol. The fourth-order valence-electron chi connectivity index (χ4n) is 2.62. The molecule has 1 fully saturated rings. The summed E-state index contributed by atoms with van der Waals surface area (Å²) in [4.78, 5) is 0. The molecular weight excluding hydrogens is 258 g/mol. The molecule has 1 saturated carbocycles. The summed E-state index contributed by atoms with van der Waals surface area (Å²) < 4.78 is 5.28. The Labute approximate surface area is 127 Å². The van der Waals surface area contributed by atoms with E-state index in [2.05, 4.69) is 48.6 Å². The van der Waals surface area contributed by atoms with Gasteiger partial charge in [0.25, 0.3) is 0 Å². The van der Waals surface area contributed by atoms with Gasteiger partial charge in [0.15, 0.2) is 0 Å². The standard InChI is InChI=1S/C19H23NO/c1-14(18-4-3-5-19(12-18)21-2)20-13-15-6-8-16(9-7-15)17-10-11-17/h3-9,12,14,17,20H,10-11,13H2,1-2H3/t14-/m1/s1. The molecule has 0 saturated heterocycles. The quantitative estimate of drug-likeness (QED) is 0.846. The molecule has 0 aliphatic heterocycles. The molecule has 2 heteroatoms. The summed E-state index contributed by atoms with van der Waals surface area (Å²) in [5.41, 5.74) is 4.10. The van der Waals surface area contributed by atoms with Crippen LogP contribution in [0.2, 0.25) is 0 Å². The first-order chi connectivity index (χ1) is 10.3. The van der Waals surface area contributed by atoms with E-state index in [0.29, 0.717) is 6.04 Å². The van der Waals surface area contributed by atoms with Crippen LogP contribution in [-0.4, -0.2) is 7.11 Å². The lowest BCUT2D eigenvalue weighted by atomic mass is 10.1. The van der Waals surface area contributed by atoms with Crippen LogP contribution in [0.1, 0.15) is 48.4 Å². The molecule has 110 valence electrons. The predicted molar refractivity (Wildman–Crippen MR) is 86.7 cm³/mol. The van der Waals surface area contributed by atoms with Crippen molar-refractivity contribution in [2.24, 2.45) is 0 Å². The van der Waals surface area contributed by atoms with E-state index in [-0.39, 0.29) is 0 Å². The van der Waals surface area contributed by atoms with Crippen molar-refractivity contribution in [2.75, 3.05) is 7.11 Å². The summed E-state index contributed by atoms with van der Waals surface area (Å²) in [6, 6.07) is 17.6. The summed E-state index contributed by atoms with van der Waals surface area (Å²) in [6.45, 7) is 3.08. The van der Waals surface area contributed by atoms with E-state index in [0.717, 1.165) is 18.2 Å². The number of ether oxygens (including phenoxy) is 1. The normalized spacial score (nSPS) is 15.7. The second kappa shape index (κ2) is 6.31. The molecule has 21 heavy (non-hydrogen) atoms. The lowest BCUT2D eigenvalue weighted by Gasteiger charge is -2.15. The average Bonchev–Trinajstić information content (AvgIpc) is 3.38. The molecule has 0 radical (unpaired) electrons. The summed E-state index contributed by atoms with van der Waals surface area (Å²) >= 11 is 0. The Morgan fingerprint density at radius 1 is 1.14 bits per heavy atom. The van der Waals surface area contributed by atoms with Crippen LogP contribution >= 0.6 is 0 Å². The molecule has 2 nitrogen and oxygen atoms in total. The molecule has 0 spiro atoms.